The van der Waals surface area contributed by atoms with Gasteiger partial charge in [-0.3, -0.25) is 4.79 Å². The van der Waals surface area contributed by atoms with Gasteiger partial charge in [0.05, 0.1) is 5.41 Å². The molecule has 1 amide bonds. The Morgan fingerprint density at radius 1 is 1.04 bits per heavy atom. The van der Waals surface area contributed by atoms with Gasteiger partial charge in [-0.25, -0.2) is 4.39 Å². The van der Waals surface area contributed by atoms with Gasteiger partial charge >= 0.3 is 0 Å². The summed E-state index contributed by atoms with van der Waals surface area (Å²) in [6.07, 6.45) is 7.07. The quantitative estimate of drug-likeness (QED) is 0.880. The molecule has 4 fully saturated rings. The SMILES string of the molecule is O=C(Nc1nnc(-c2ccc(F)cc2)s1)C12CC3CC(CC(C3)C1)C2. The minimum absolute atomic E-state index is 0.133. The molecule has 1 heterocycles. The molecule has 4 saturated carbocycles. The van der Waals surface area contributed by atoms with Gasteiger partial charge in [-0.15, -0.1) is 10.2 Å². The van der Waals surface area contributed by atoms with Crippen molar-refractivity contribution in [3.05, 3.63) is 30.1 Å². The Morgan fingerprint density at radius 3 is 2.24 bits per heavy atom. The summed E-state index contributed by atoms with van der Waals surface area (Å²) in [6.45, 7) is 0. The first-order valence-corrected chi connectivity index (χ1v) is 9.82. The molecule has 0 spiro atoms. The first-order chi connectivity index (χ1) is 12.1. The van der Waals surface area contributed by atoms with Crippen molar-refractivity contribution in [3.8, 4) is 10.6 Å². The lowest BCUT2D eigenvalue weighted by Gasteiger charge is -2.55. The highest BCUT2D eigenvalue weighted by Gasteiger charge is 2.54. The first kappa shape index (κ1) is 15.4. The second kappa shape index (κ2) is 5.59. The van der Waals surface area contributed by atoms with Gasteiger partial charge in [0.25, 0.3) is 0 Å². The summed E-state index contributed by atoms with van der Waals surface area (Å²) in [4.78, 5) is 13.0. The molecule has 0 saturated heterocycles. The zero-order chi connectivity index (χ0) is 17.0. The summed E-state index contributed by atoms with van der Waals surface area (Å²) < 4.78 is 13.0. The third kappa shape index (κ3) is 2.67. The number of aromatic nitrogens is 2. The van der Waals surface area contributed by atoms with Crippen LogP contribution in [-0.4, -0.2) is 16.1 Å². The van der Waals surface area contributed by atoms with E-state index in [-0.39, 0.29) is 17.1 Å². The summed E-state index contributed by atoms with van der Waals surface area (Å²) in [5, 5.41) is 12.5. The van der Waals surface area contributed by atoms with Crippen LogP contribution in [0.25, 0.3) is 10.6 Å². The minimum atomic E-state index is -0.274. The molecule has 130 valence electrons. The molecule has 0 radical (unpaired) electrons. The molecule has 1 N–H and O–H groups in total. The van der Waals surface area contributed by atoms with Crippen molar-refractivity contribution in [2.45, 2.75) is 38.5 Å². The maximum absolute atomic E-state index is 13.0. The Morgan fingerprint density at radius 2 is 1.64 bits per heavy atom. The molecule has 1 aromatic carbocycles. The zero-order valence-electron chi connectivity index (χ0n) is 13.9. The third-order valence-electron chi connectivity index (χ3n) is 6.26. The van der Waals surface area contributed by atoms with Gasteiger partial charge in [-0.2, -0.15) is 0 Å². The topological polar surface area (TPSA) is 54.9 Å². The maximum Gasteiger partial charge on any atom is 0.232 e. The van der Waals surface area contributed by atoms with E-state index in [0.717, 1.165) is 42.6 Å². The molecule has 4 bridgehead atoms. The molecule has 4 aliphatic carbocycles. The van der Waals surface area contributed by atoms with Crippen molar-refractivity contribution >= 4 is 22.4 Å². The second-order valence-corrected chi connectivity index (χ2v) is 9.05. The zero-order valence-corrected chi connectivity index (χ0v) is 14.7. The van der Waals surface area contributed by atoms with Gasteiger partial charge < -0.3 is 5.32 Å². The van der Waals surface area contributed by atoms with Crippen LogP contribution in [0.1, 0.15) is 38.5 Å². The van der Waals surface area contributed by atoms with Crippen LogP contribution in [0.4, 0.5) is 9.52 Å². The number of carbonyl (C=O) groups excluding carboxylic acids is 1. The summed E-state index contributed by atoms with van der Waals surface area (Å²) in [6, 6.07) is 6.18. The van der Waals surface area contributed by atoms with Crippen molar-refractivity contribution in [2.75, 3.05) is 5.32 Å². The number of hydrogen-bond acceptors (Lipinski definition) is 4. The molecular weight excluding hydrogens is 337 g/mol. The van der Waals surface area contributed by atoms with Gasteiger partial charge in [-0.1, -0.05) is 11.3 Å². The third-order valence-corrected chi connectivity index (χ3v) is 7.14. The largest absolute Gasteiger partial charge is 0.300 e. The summed E-state index contributed by atoms with van der Waals surface area (Å²) in [5.41, 5.74) is 0.630. The van der Waals surface area contributed by atoms with Crippen LogP contribution in [0, 0.1) is 29.0 Å². The standard InChI is InChI=1S/C19H20FN3OS/c20-15-3-1-14(2-4-15)16-22-23-18(25-16)21-17(24)19-8-11-5-12(9-19)7-13(6-11)10-19/h1-4,11-13H,5-10H2,(H,21,23,24). The summed E-state index contributed by atoms with van der Waals surface area (Å²) >= 11 is 1.35. The van der Waals surface area contributed by atoms with E-state index in [1.807, 2.05) is 0 Å². The van der Waals surface area contributed by atoms with Crippen LogP contribution in [0.3, 0.4) is 0 Å². The van der Waals surface area contributed by atoms with Crippen LogP contribution in [-0.2, 0) is 4.79 Å². The number of anilines is 1. The van der Waals surface area contributed by atoms with Crippen LogP contribution in [0.5, 0.6) is 0 Å². The smallest absolute Gasteiger partial charge is 0.232 e. The molecule has 25 heavy (non-hydrogen) atoms. The second-order valence-electron chi connectivity index (χ2n) is 8.07. The minimum Gasteiger partial charge on any atom is -0.300 e. The highest BCUT2D eigenvalue weighted by molar-refractivity contribution is 7.18. The average Bonchev–Trinajstić information content (AvgIpc) is 3.03. The number of nitrogens with zero attached hydrogens (tertiary/aromatic N) is 2. The predicted molar refractivity (Wildman–Crippen MR) is 94.5 cm³/mol. The Hall–Kier alpha value is -1.82. The number of carbonyl (C=O) groups is 1. The molecule has 1 aromatic heterocycles. The number of amides is 1. The Balaban J connectivity index is 1.34. The van der Waals surface area contributed by atoms with E-state index in [4.69, 9.17) is 0 Å². The van der Waals surface area contributed by atoms with E-state index in [1.165, 1.54) is 42.7 Å². The fraction of sp³-hybridized carbons (Fsp3) is 0.526. The van der Waals surface area contributed by atoms with Gasteiger partial charge in [0.1, 0.15) is 10.8 Å². The van der Waals surface area contributed by atoms with Crippen molar-refractivity contribution in [1.29, 1.82) is 0 Å². The Labute approximate surface area is 149 Å². The number of nitrogens with one attached hydrogen (secondary N) is 1. The van der Waals surface area contributed by atoms with E-state index in [9.17, 15) is 9.18 Å². The highest BCUT2D eigenvalue weighted by atomic mass is 32.1. The van der Waals surface area contributed by atoms with Crippen LogP contribution in [0.15, 0.2) is 24.3 Å². The van der Waals surface area contributed by atoms with Crippen molar-refractivity contribution in [1.82, 2.24) is 10.2 Å². The van der Waals surface area contributed by atoms with E-state index in [0.29, 0.717) is 10.1 Å². The van der Waals surface area contributed by atoms with Crippen LogP contribution in [0.2, 0.25) is 0 Å². The molecule has 6 rings (SSSR count). The van der Waals surface area contributed by atoms with Gasteiger partial charge in [0, 0.05) is 5.56 Å². The number of benzene rings is 1. The van der Waals surface area contributed by atoms with Crippen molar-refractivity contribution in [3.63, 3.8) is 0 Å². The normalized spacial score (nSPS) is 32.8. The van der Waals surface area contributed by atoms with Gasteiger partial charge in [0.2, 0.25) is 11.0 Å². The molecular formula is C19H20FN3OS. The fourth-order valence-corrected chi connectivity index (χ4v) is 6.35. The lowest BCUT2D eigenvalue weighted by atomic mass is 9.49. The predicted octanol–water partition coefficient (Wildman–Crippen LogP) is 4.50. The van der Waals surface area contributed by atoms with E-state index in [1.54, 1.807) is 12.1 Å². The lowest BCUT2D eigenvalue weighted by Crippen LogP contribution is -2.51. The highest BCUT2D eigenvalue weighted by Crippen LogP contribution is 2.60. The van der Waals surface area contributed by atoms with Crippen LogP contribution >= 0.6 is 11.3 Å². The first-order valence-electron chi connectivity index (χ1n) is 9.00. The van der Waals surface area contributed by atoms with Crippen LogP contribution < -0.4 is 5.32 Å². The molecule has 2 aromatic rings. The van der Waals surface area contributed by atoms with E-state index < -0.39 is 0 Å². The number of halogens is 1. The molecule has 4 aliphatic rings. The van der Waals surface area contributed by atoms with Gasteiger partial charge in [-0.05, 0) is 80.5 Å². The molecule has 4 nitrogen and oxygen atoms in total. The molecule has 0 unspecified atom stereocenters. The average molecular weight is 357 g/mol. The Kier molecular flexibility index (Phi) is 3.45. The molecule has 0 atom stereocenters. The number of rotatable bonds is 3. The molecule has 0 aliphatic heterocycles. The van der Waals surface area contributed by atoms with Gasteiger partial charge in [0.15, 0.2) is 0 Å². The fourth-order valence-electron chi connectivity index (χ4n) is 5.60. The number of hydrogen-bond donors (Lipinski definition) is 1. The van der Waals surface area contributed by atoms with Crippen molar-refractivity contribution < 1.29 is 9.18 Å². The monoisotopic (exact) mass is 357 g/mol. The van der Waals surface area contributed by atoms with Crippen molar-refractivity contribution in [2.24, 2.45) is 23.2 Å². The van der Waals surface area contributed by atoms with E-state index >= 15 is 0 Å². The van der Waals surface area contributed by atoms with E-state index in [2.05, 4.69) is 15.5 Å². The maximum atomic E-state index is 13.0. The summed E-state index contributed by atoms with van der Waals surface area (Å²) in [7, 11) is 0. The summed E-state index contributed by atoms with van der Waals surface area (Å²) in [5.74, 6) is 2.07. The lowest BCUT2D eigenvalue weighted by molar-refractivity contribution is -0.140. The molecule has 6 heteroatoms. The Bertz CT molecular complexity index is 781.